The molecule has 6 nitrogen and oxygen atoms in total. The molecule has 0 aliphatic carbocycles. The molecular weight excluding hydrogens is 348 g/mol. The predicted molar refractivity (Wildman–Crippen MR) is 91.0 cm³/mol. The van der Waals surface area contributed by atoms with Crippen LogP contribution in [0.5, 0.6) is 5.75 Å². The van der Waals surface area contributed by atoms with Gasteiger partial charge in [-0.05, 0) is 50.1 Å². The highest BCUT2D eigenvalue weighted by atomic mass is 35.5. The number of rotatable bonds is 6. The van der Waals surface area contributed by atoms with Crippen molar-refractivity contribution in [1.82, 2.24) is 0 Å². The Balaban J connectivity index is 1.91. The van der Waals surface area contributed by atoms with Gasteiger partial charge in [0.1, 0.15) is 29.4 Å². The van der Waals surface area contributed by atoms with Crippen molar-refractivity contribution in [3.8, 4) is 5.75 Å². The van der Waals surface area contributed by atoms with Gasteiger partial charge in [-0.3, -0.25) is 0 Å². The highest BCUT2D eigenvalue weighted by Crippen LogP contribution is 2.27. The molecule has 0 aliphatic heterocycles. The molecule has 0 saturated carbocycles. The molecular formula is C18H19ClO6. The average Bonchev–Trinajstić information content (AvgIpc) is 2.92. The van der Waals surface area contributed by atoms with E-state index in [4.69, 9.17) is 25.5 Å². The number of carbonyl (C=O) groups is 2. The van der Waals surface area contributed by atoms with Crippen LogP contribution in [0.2, 0.25) is 5.02 Å². The Kier molecular flexibility index (Phi) is 6.09. The first-order chi connectivity index (χ1) is 11.8. The first-order valence-electron chi connectivity index (χ1n) is 7.54. The SMILES string of the molecule is COC(=O)c1cc(COC(=O)COc2c(C)cc(Cl)cc2C)oc1C. The van der Waals surface area contributed by atoms with E-state index in [1.807, 2.05) is 13.8 Å². The molecule has 1 aromatic carbocycles. The van der Waals surface area contributed by atoms with E-state index in [1.54, 1.807) is 19.1 Å². The fraction of sp³-hybridized carbons (Fsp3) is 0.333. The molecule has 0 spiro atoms. The van der Waals surface area contributed by atoms with Crippen LogP contribution >= 0.6 is 11.6 Å². The van der Waals surface area contributed by atoms with Crippen LogP contribution in [0, 0.1) is 20.8 Å². The van der Waals surface area contributed by atoms with Gasteiger partial charge in [-0.15, -0.1) is 0 Å². The lowest BCUT2D eigenvalue weighted by Crippen LogP contribution is -2.15. The molecule has 0 amide bonds. The number of aryl methyl sites for hydroxylation is 3. The Morgan fingerprint density at radius 3 is 2.36 bits per heavy atom. The van der Waals surface area contributed by atoms with Crippen LogP contribution in [0.4, 0.5) is 0 Å². The Morgan fingerprint density at radius 1 is 1.12 bits per heavy atom. The smallest absolute Gasteiger partial charge is 0.344 e. The highest BCUT2D eigenvalue weighted by Gasteiger charge is 2.16. The number of hydrogen-bond acceptors (Lipinski definition) is 6. The lowest BCUT2D eigenvalue weighted by Gasteiger charge is -2.12. The van der Waals surface area contributed by atoms with Crippen LogP contribution in [0.1, 0.15) is 33.0 Å². The van der Waals surface area contributed by atoms with E-state index >= 15 is 0 Å². The van der Waals surface area contributed by atoms with Gasteiger partial charge in [0.25, 0.3) is 0 Å². The molecule has 1 aromatic heterocycles. The molecule has 2 rings (SSSR count). The summed E-state index contributed by atoms with van der Waals surface area (Å²) in [4.78, 5) is 23.4. The normalized spacial score (nSPS) is 10.4. The van der Waals surface area contributed by atoms with Crippen molar-refractivity contribution in [3.05, 3.63) is 51.4 Å². The standard InChI is InChI=1S/C18H19ClO6/c1-10-5-13(19)6-11(2)17(10)24-9-16(20)23-8-14-7-15(12(3)25-14)18(21)22-4/h5-7H,8-9H2,1-4H3. The molecule has 1 heterocycles. The summed E-state index contributed by atoms with van der Waals surface area (Å²) in [6.45, 7) is 4.98. The Labute approximate surface area is 150 Å². The summed E-state index contributed by atoms with van der Waals surface area (Å²) < 4.78 is 20.6. The van der Waals surface area contributed by atoms with E-state index in [9.17, 15) is 9.59 Å². The molecule has 0 saturated heterocycles. The average molecular weight is 367 g/mol. The third-order valence-corrected chi connectivity index (χ3v) is 3.73. The third kappa shape index (κ3) is 4.76. The maximum atomic E-state index is 11.9. The van der Waals surface area contributed by atoms with Gasteiger partial charge in [-0.2, -0.15) is 0 Å². The molecule has 7 heteroatoms. The topological polar surface area (TPSA) is 75.0 Å². The third-order valence-electron chi connectivity index (χ3n) is 3.51. The summed E-state index contributed by atoms with van der Waals surface area (Å²) in [5.41, 5.74) is 1.97. The molecule has 0 atom stereocenters. The minimum Gasteiger partial charge on any atom is -0.481 e. The van der Waals surface area contributed by atoms with Gasteiger partial charge < -0.3 is 18.6 Å². The predicted octanol–water partition coefficient (Wildman–Crippen LogP) is 3.77. The van der Waals surface area contributed by atoms with Gasteiger partial charge in [0, 0.05) is 5.02 Å². The van der Waals surface area contributed by atoms with Crippen molar-refractivity contribution in [2.45, 2.75) is 27.4 Å². The summed E-state index contributed by atoms with van der Waals surface area (Å²) in [6, 6.07) is 5.01. The van der Waals surface area contributed by atoms with Crippen molar-refractivity contribution in [2.24, 2.45) is 0 Å². The first-order valence-corrected chi connectivity index (χ1v) is 7.92. The summed E-state index contributed by atoms with van der Waals surface area (Å²) in [5.74, 6) is 0.299. The van der Waals surface area contributed by atoms with Crippen LogP contribution in [0.25, 0.3) is 0 Å². The van der Waals surface area contributed by atoms with Gasteiger partial charge in [-0.1, -0.05) is 11.6 Å². The van der Waals surface area contributed by atoms with E-state index < -0.39 is 11.9 Å². The Hall–Kier alpha value is -2.47. The zero-order valence-electron chi connectivity index (χ0n) is 14.5. The molecule has 134 valence electrons. The van der Waals surface area contributed by atoms with Crippen LogP contribution < -0.4 is 4.74 Å². The van der Waals surface area contributed by atoms with E-state index in [0.29, 0.717) is 27.9 Å². The van der Waals surface area contributed by atoms with Crippen LogP contribution in [-0.4, -0.2) is 25.7 Å². The summed E-state index contributed by atoms with van der Waals surface area (Å²) in [7, 11) is 1.28. The number of furan rings is 1. The van der Waals surface area contributed by atoms with E-state index in [-0.39, 0.29) is 13.2 Å². The minimum atomic E-state index is -0.553. The quantitative estimate of drug-likeness (QED) is 0.724. The number of carbonyl (C=O) groups excluding carboxylic acids is 2. The first kappa shape index (κ1) is 18.9. The van der Waals surface area contributed by atoms with Gasteiger partial charge >= 0.3 is 11.9 Å². The molecule has 0 fully saturated rings. The van der Waals surface area contributed by atoms with Crippen molar-refractivity contribution >= 4 is 23.5 Å². The highest BCUT2D eigenvalue weighted by molar-refractivity contribution is 6.30. The molecule has 0 unspecified atom stereocenters. The van der Waals surface area contributed by atoms with Gasteiger partial charge in [0.2, 0.25) is 0 Å². The number of benzene rings is 1. The summed E-state index contributed by atoms with van der Waals surface area (Å²) >= 11 is 5.96. The zero-order valence-corrected chi connectivity index (χ0v) is 15.2. The van der Waals surface area contributed by atoms with Crippen molar-refractivity contribution in [1.29, 1.82) is 0 Å². The Morgan fingerprint density at radius 2 is 1.76 bits per heavy atom. The maximum absolute atomic E-state index is 11.9. The number of ether oxygens (including phenoxy) is 3. The van der Waals surface area contributed by atoms with Crippen LogP contribution in [0.3, 0.4) is 0 Å². The second-order valence-electron chi connectivity index (χ2n) is 5.49. The van der Waals surface area contributed by atoms with Crippen LogP contribution in [0.15, 0.2) is 22.6 Å². The molecule has 0 aliphatic rings. The number of hydrogen-bond donors (Lipinski definition) is 0. The fourth-order valence-corrected chi connectivity index (χ4v) is 2.70. The maximum Gasteiger partial charge on any atom is 0.344 e. The number of esters is 2. The minimum absolute atomic E-state index is 0.0986. The van der Waals surface area contributed by atoms with Crippen molar-refractivity contribution < 1.29 is 28.2 Å². The van der Waals surface area contributed by atoms with Crippen molar-refractivity contribution in [2.75, 3.05) is 13.7 Å². The lowest BCUT2D eigenvalue weighted by molar-refractivity contribution is -0.147. The fourth-order valence-electron chi connectivity index (χ4n) is 2.38. The van der Waals surface area contributed by atoms with Crippen molar-refractivity contribution in [3.63, 3.8) is 0 Å². The molecule has 0 bridgehead atoms. The van der Waals surface area contributed by atoms with E-state index in [0.717, 1.165) is 11.1 Å². The zero-order chi connectivity index (χ0) is 18.6. The van der Waals surface area contributed by atoms with Gasteiger partial charge in [0.15, 0.2) is 6.61 Å². The van der Waals surface area contributed by atoms with Gasteiger partial charge in [-0.25, -0.2) is 9.59 Å². The number of methoxy groups -OCH3 is 1. The lowest BCUT2D eigenvalue weighted by atomic mass is 10.1. The molecule has 0 radical (unpaired) electrons. The molecule has 0 N–H and O–H groups in total. The second-order valence-corrected chi connectivity index (χ2v) is 5.93. The molecule has 2 aromatic rings. The van der Waals surface area contributed by atoms with E-state index in [2.05, 4.69) is 4.74 Å². The Bertz CT molecular complexity index is 770. The molecule has 25 heavy (non-hydrogen) atoms. The van der Waals surface area contributed by atoms with Crippen LogP contribution in [-0.2, 0) is 20.9 Å². The summed E-state index contributed by atoms with van der Waals surface area (Å²) in [5, 5.41) is 0.611. The summed E-state index contributed by atoms with van der Waals surface area (Å²) in [6.07, 6.45) is 0. The van der Waals surface area contributed by atoms with Gasteiger partial charge in [0.05, 0.1) is 7.11 Å². The van der Waals surface area contributed by atoms with E-state index in [1.165, 1.54) is 13.2 Å². The second kappa shape index (κ2) is 8.07. The largest absolute Gasteiger partial charge is 0.481 e. The number of halogens is 1. The monoisotopic (exact) mass is 366 g/mol.